The quantitative estimate of drug-likeness (QED) is 0.868. The molecule has 0 aliphatic rings. The Morgan fingerprint density at radius 2 is 2.33 bits per heavy atom. The highest BCUT2D eigenvalue weighted by Crippen LogP contribution is 2.22. The third-order valence-corrected chi connectivity index (χ3v) is 1.98. The van der Waals surface area contributed by atoms with Crippen LogP contribution in [0.2, 0.25) is 5.02 Å². The highest BCUT2D eigenvalue weighted by Gasteiger charge is 2.10. The van der Waals surface area contributed by atoms with Crippen LogP contribution in [0.5, 0.6) is 5.75 Å². The number of hydrogen-bond acceptors (Lipinski definition) is 2. The van der Waals surface area contributed by atoms with Gasteiger partial charge in [0.1, 0.15) is 17.7 Å². The summed E-state index contributed by atoms with van der Waals surface area (Å²) in [6.45, 7) is 1.62. The maximum absolute atomic E-state index is 12.8. The number of carbonyl (C=O) groups is 1. The lowest BCUT2D eigenvalue weighted by molar-refractivity contribution is -0.138. The second kappa shape index (κ2) is 4.98. The molecule has 0 fully saturated rings. The van der Waals surface area contributed by atoms with Crippen LogP contribution in [0.25, 0.3) is 0 Å². The van der Waals surface area contributed by atoms with Crippen molar-refractivity contribution in [3.8, 4) is 5.75 Å². The lowest BCUT2D eigenvalue weighted by Gasteiger charge is -2.12. The summed E-state index contributed by atoms with van der Waals surface area (Å²) in [5.74, 6) is -1.12. The summed E-state index contributed by atoms with van der Waals surface area (Å²) in [5, 5.41) is 8.45. The van der Waals surface area contributed by atoms with Gasteiger partial charge >= 0.3 is 5.97 Å². The first-order valence-corrected chi connectivity index (χ1v) is 4.70. The fourth-order valence-electron chi connectivity index (χ4n) is 1.07. The van der Waals surface area contributed by atoms with Gasteiger partial charge in [-0.2, -0.15) is 0 Å². The Kier molecular flexibility index (Phi) is 3.91. The van der Waals surface area contributed by atoms with Gasteiger partial charge in [0.05, 0.1) is 11.4 Å². The minimum atomic E-state index is -0.948. The van der Waals surface area contributed by atoms with Crippen LogP contribution in [0.15, 0.2) is 18.2 Å². The van der Waals surface area contributed by atoms with E-state index in [1.165, 1.54) is 18.2 Å². The minimum Gasteiger partial charge on any atom is -0.490 e. The molecule has 0 amide bonds. The van der Waals surface area contributed by atoms with Crippen molar-refractivity contribution < 1.29 is 19.0 Å². The monoisotopic (exact) mass is 232 g/mol. The van der Waals surface area contributed by atoms with Gasteiger partial charge in [0, 0.05) is 6.07 Å². The molecule has 3 nitrogen and oxygen atoms in total. The van der Waals surface area contributed by atoms with Crippen LogP contribution in [0.1, 0.15) is 13.3 Å². The van der Waals surface area contributed by atoms with E-state index in [1.54, 1.807) is 6.92 Å². The Hall–Kier alpha value is -1.29. The number of benzene rings is 1. The molecule has 0 aliphatic carbocycles. The number of ether oxygens (including phenoxy) is 1. The summed E-state index contributed by atoms with van der Waals surface area (Å²) in [6, 6.07) is 3.89. The van der Waals surface area contributed by atoms with Crippen molar-refractivity contribution in [2.75, 3.05) is 0 Å². The SMILES string of the molecule is C[C@@H](CC(=O)O)Oc1ccc(F)c(Cl)c1. The van der Waals surface area contributed by atoms with Gasteiger partial charge in [-0.25, -0.2) is 4.39 Å². The Morgan fingerprint density at radius 3 is 2.87 bits per heavy atom. The standard InChI is InChI=1S/C10H10ClFO3/c1-6(4-10(13)14)15-7-2-3-9(12)8(11)5-7/h2-3,5-6H,4H2,1H3,(H,13,14)/t6-/m0/s1. The summed E-state index contributed by atoms with van der Waals surface area (Å²) >= 11 is 5.53. The Bertz CT molecular complexity index is 368. The first-order valence-electron chi connectivity index (χ1n) is 4.32. The predicted molar refractivity (Wildman–Crippen MR) is 53.8 cm³/mol. The molecule has 0 saturated heterocycles. The number of hydrogen-bond donors (Lipinski definition) is 1. The fourth-order valence-corrected chi connectivity index (χ4v) is 1.24. The first kappa shape index (κ1) is 11.8. The van der Waals surface area contributed by atoms with Gasteiger partial charge in [-0.05, 0) is 19.1 Å². The normalized spacial score (nSPS) is 12.2. The number of halogens is 2. The van der Waals surface area contributed by atoms with Crippen LogP contribution in [0.3, 0.4) is 0 Å². The molecule has 0 aliphatic heterocycles. The molecule has 82 valence electrons. The zero-order valence-electron chi connectivity index (χ0n) is 8.04. The molecule has 15 heavy (non-hydrogen) atoms. The maximum Gasteiger partial charge on any atom is 0.307 e. The van der Waals surface area contributed by atoms with Crippen molar-refractivity contribution >= 4 is 17.6 Å². The molecule has 0 spiro atoms. The lowest BCUT2D eigenvalue weighted by Crippen LogP contribution is -2.16. The molecule has 0 aromatic heterocycles. The molecule has 1 N–H and O–H groups in total. The second-order valence-corrected chi connectivity index (χ2v) is 3.51. The third kappa shape index (κ3) is 3.75. The van der Waals surface area contributed by atoms with Gasteiger partial charge in [-0.1, -0.05) is 11.6 Å². The van der Waals surface area contributed by atoms with E-state index in [0.717, 1.165) is 0 Å². The molecule has 0 heterocycles. The number of carboxylic acids is 1. The highest BCUT2D eigenvalue weighted by molar-refractivity contribution is 6.30. The summed E-state index contributed by atoms with van der Waals surface area (Å²) in [7, 11) is 0. The topological polar surface area (TPSA) is 46.5 Å². The van der Waals surface area contributed by atoms with Crippen molar-refractivity contribution in [3.63, 3.8) is 0 Å². The van der Waals surface area contributed by atoms with Crippen LogP contribution < -0.4 is 4.74 Å². The van der Waals surface area contributed by atoms with Crippen LogP contribution >= 0.6 is 11.6 Å². The van der Waals surface area contributed by atoms with Gasteiger partial charge in [0.2, 0.25) is 0 Å². The van der Waals surface area contributed by atoms with Gasteiger partial charge in [0.25, 0.3) is 0 Å². The van der Waals surface area contributed by atoms with E-state index in [0.29, 0.717) is 5.75 Å². The van der Waals surface area contributed by atoms with Crippen molar-refractivity contribution in [2.45, 2.75) is 19.4 Å². The summed E-state index contributed by atoms with van der Waals surface area (Å²) in [5.41, 5.74) is 0. The molecular formula is C10H10ClFO3. The Morgan fingerprint density at radius 1 is 1.67 bits per heavy atom. The molecule has 0 radical (unpaired) electrons. The number of rotatable bonds is 4. The molecule has 1 aromatic carbocycles. The van der Waals surface area contributed by atoms with E-state index in [4.69, 9.17) is 21.4 Å². The minimum absolute atomic E-state index is 0.0463. The number of aliphatic carboxylic acids is 1. The lowest BCUT2D eigenvalue weighted by atomic mass is 10.3. The molecule has 1 aromatic rings. The van der Waals surface area contributed by atoms with Crippen LogP contribution in [0.4, 0.5) is 4.39 Å². The molecule has 1 rings (SSSR count). The van der Waals surface area contributed by atoms with Crippen molar-refractivity contribution in [2.24, 2.45) is 0 Å². The average Bonchev–Trinajstić information content (AvgIpc) is 2.10. The molecule has 0 saturated carbocycles. The third-order valence-electron chi connectivity index (χ3n) is 1.69. The van der Waals surface area contributed by atoms with E-state index >= 15 is 0 Å². The van der Waals surface area contributed by atoms with Crippen LogP contribution in [-0.4, -0.2) is 17.2 Å². The molecule has 0 unspecified atom stereocenters. The van der Waals surface area contributed by atoms with Gasteiger partial charge in [-0.15, -0.1) is 0 Å². The molecule has 1 atom stereocenters. The first-order chi connectivity index (χ1) is 6.99. The van der Waals surface area contributed by atoms with Gasteiger partial charge in [0.15, 0.2) is 0 Å². The van der Waals surface area contributed by atoms with E-state index < -0.39 is 17.9 Å². The second-order valence-electron chi connectivity index (χ2n) is 3.10. The summed E-state index contributed by atoms with van der Waals surface area (Å²) in [6.07, 6.45) is -0.598. The van der Waals surface area contributed by atoms with Gasteiger partial charge in [-0.3, -0.25) is 4.79 Å². The zero-order chi connectivity index (χ0) is 11.4. The van der Waals surface area contributed by atoms with E-state index in [9.17, 15) is 9.18 Å². The van der Waals surface area contributed by atoms with Crippen molar-refractivity contribution in [1.29, 1.82) is 0 Å². The molecular weight excluding hydrogens is 223 g/mol. The highest BCUT2D eigenvalue weighted by atomic mass is 35.5. The Balaban J connectivity index is 2.64. The average molecular weight is 233 g/mol. The van der Waals surface area contributed by atoms with Crippen molar-refractivity contribution in [1.82, 2.24) is 0 Å². The van der Waals surface area contributed by atoms with Gasteiger partial charge < -0.3 is 9.84 Å². The van der Waals surface area contributed by atoms with E-state index in [-0.39, 0.29) is 11.4 Å². The van der Waals surface area contributed by atoms with E-state index in [1.807, 2.05) is 0 Å². The smallest absolute Gasteiger partial charge is 0.307 e. The number of carboxylic acid groups (broad SMARTS) is 1. The largest absolute Gasteiger partial charge is 0.490 e. The Labute approximate surface area is 91.4 Å². The zero-order valence-corrected chi connectivity index (χ0v) is 8.79. The maximum atomic E-state index is 12.8. The molecule has 0 bridgehead atoms. The van der Waals surface area contributed by atoms with Crippen LogP contribution in [0, 0.1) is 5.82 Å². The summed E-state index contributed by atoms with van der Waals surface area (Å²) in [4.78, 5) is 10.4. The van der Waals surface area contributed by atoms with Crippen molar-refractivity contribution in [3.05, 3.63) is 29.0 Å². The molecule has 5 heteroatoms. The summed E-state index contributed by atoms with van der Waals surface area (Å²) < 4.78 is 18.0. The van der Waals surface area contributed by atoms with Crippen LogP contribution in [-0.2, 0) is 4.79 Å². The predicted octanol–water partition coefficient (Wildman–Crippen LogP) is 2.72. The fraction of sp³-hybridized carbons (Fsp3) is 0.300. The van der Waals surface area contributed by atoms with E-state index in [2.05, 4.69) is 0 Å².